The van der Waals surface area contributed by atoms with Crippen LogP contribution in [0.4, 0.5) is 0 Å². The average Bonchev–Trinajstić information content (AvgIpc) is 2.83. The Bertz CT molecular complexity index is 453. The van der Waals surface area contributed by atoms with E-state index in [1.165, 1.54) is 17.6 Å². The van der Waals surface area contributed by atoms with Crippen molar-refractivity contribution in [3.63, 3.8) is 0 Å². The van der Waals surface area contributed by atoms with Gasteiger partial charge >= 0.3 is 0 Å². The molecule has 1 aliphatic carbocycles. The lowest BCUT2D eigenvalue weighted by Gasteiger charge is -2.13. The van der Waals surface area contributed by atoms with Gasteiger partial charge in [-0.25, -0.2) is 4.98 Å². The van der Waals surface area contributed by atoms with E-state index in [1.807, 2.05) is 13.1 Å². The fraction of sp³-hybridized carbons (Fsp3) is 0.462. The second-order valence-corrected chi connectivity index (χ2v) is 5.11. The molecule has 0 bridgehead atoms. The average molecular weight is 235 g/mol. The number of rotatable bonds is 1. The Kier molecular flexibility index (Phi) is 2.49. The van der Waals surface area contributed by atoms with E-state index < -0.39 is 0 Å². The van der Waals surface area contributed by atoms with Crippen LogP contribution < -0.4 is 5.32 Å². The van der Waals surface area contributed by atoms with E-state index in [0.717, 1.165) is 24.6 Å². The number of fused-ring (bicyclic) bond motifs is 1. The standard InChI is InChI=1S/C13H15ClN2/c1-8-4-10(6-16-13(8)14)11-3-2-9-5-15-7-12(9)11/h3-4,6,9,12,15H,2,5,7H2,1H3/t9-,12+/m1/s1. The van der Waals surface area contributed by atoms with Crippen LogP contribution in [-0.2, 0) is 0 Å². The number of nitrogens with one attached hydrogen (secondary N) is 1. The van der Waals surface area contributed by atoms with Gasteiger partial charge in [-0.05, 0) is 48.6 Å². The second kappa shape index (κ2) is 3.86. The molecule has 84 valence electrons. The minimum Gasteiger partial charge on any atom is -0.316 e. The molecule has 3 rings (SSSR count). The maximum atomic E-state index is 5.96. The summed E-state index contributed by atoms with van der Waals surface area (Å²) < 4.78 is 0. The number of nitrogens with zero attached hydrogens (tertiary/aromatic N) is 1. The van der Waals surface area contributed by atoms with Crippen molar-refractivity contribution in [1.82, 2.24) is 10.3 Å². The molecule has 1 fully saturated rings. The first-order valence-corrected chi connectivity index (χ1v) is 6.17. The number of halogens is 1. The molecule has 0 unspecified atom stereocenters. The van der Waals surface area contributed by atoms with E-state index in [9.17, 15) is 0 Å². The van der Waals surface area contributed by atoms with Crippen LogP contribution in [0.3, 0.4) is 0 Å². The van der Waals surface area contributed by atoms with Gasteiger partial charge in [0, 0.05) is 18.7 Å². The summed E-state index contributed by atoms with van der Waals surface area (Å²) in [6, 6.07) is 2.15. The highest BCUT2D eigenvalue weighted by Gasteiger charge is 2.34. The molecule has 0 spiro atoms. The lowest BCUT2D eigenvalue weighted by molar-refractivity contribution is 0.542. The molecule has 1 aromatic heterocycles. The number of pyridine rings is 1. The fourth-order valence-corrected chi connectivity index (χ4v) is 2.93. The Morgan fingerprint density at radius 3 is 3.12 bits per heavy atom. The van der Waals surface area contributed by atoms with E-state index in [2.05, 4.69) is 22.4 Å². The molecule has 0 aromatic carbocycles. The molecule has 2 heterocycles. The van der Waals surface area contributed by atoms with Gasteiger partial charge in [-0.1, -0.05) is 17.7 Å². The molecule has 1 N–H and O–H groups in total. The zero-order valence-corrected chi connectivity index (χ0v) is 10.1. The summed E-state index contributed by atoms with van der Waals surface area (Å²) in [4.78, 5) is 4.24. The van der Waals surface area contributed by atoms with Crippen molar-refractivity contribution in [1.29, 1.82) is 0 Å². The summed E-state index contributed by atoms with van der Waals surface area (Å²) in [5.74, 6) is 1.48. The molecule has 2 aliphatic rings. The van der Waals surface area contributed by atoms with Gasteiger partial charge in [0.15, 0.2) is 0 Å². The lowest BCUT2D eigenvalue weighted by Crippen LogP contribution is -2.10. The van der Waals surface area contributed by atoms with E-state index in [-0.39, 0.29) is 0 Å². The number of hydrogen-bond donors (Lipinski definition) is 1. The first-order chi connectivity index (χ1) is 7.75. The van der Waals surface area contributed by atoms with Gasteiger partial charge < -0.3 is 5.32 Å². The SMILES string of the molecule is Cc1cc(C2=CC[C@@H]3CNC[C@H]23)cnc1Cl. The Morgan fingerprint density at radius 1 is 1.44 bits per heavy atom. The minimum absolute atomic E-state index is 0.614. The molecule has 1 aromatic rings. The Hall–Kier alpha value is -0.860. The highest BCUT2D eigenvalue weighted by molar-refractivity contribution is 6.30. The first-order valence-electron chi connectivity index (χ1n) is 5.79. The van der Waals surface area contributed by atoms with Gasteiger partial charge in [0.05, 0.1) is 0 Å². The van der Waals surface area contributed by atoms with Gasteiger partial charge in [0.25, 0.3) is 0 Å². The van der Waals surface area contributed by atoms with Crippen LogP contribution in [0.1, 0.15) is 17.5 Å². The molecule has 2 nitrogen and oxygen atoms in total. The highest BCUT2D eigenvalue weighted by atomic mass is 35.5. The van der Waals surface area contributed by atoms with E-state index in [0.29, 0.717) is 11.1 Å². The third kappa shape index (κ3) is 1.57. The van der Waals surface area contributed by atoms with Crippen LogP contribution in [0.15, 0.2) is 18.3 Å². The number of aromatic nitrogens is 1. The van der Waals surface area contributed by atoms with E-state index in [1.54, 1.807) is 0 Å². The van der Waals surface area contributed by atoms with Crippen LogP contribution in [-0.4, -0.2) is 18.1 Å². The van der Waals surface area contributed by atoms with Gasteiger partial charge in [0.1, 0.15) is 5.15 Å². The van der Waals surface area contributed by atoms with Crippen molar-refractivity contribution in [2.45, 2.75) is 13.3 Å². The summed E-state index contributed by atoms with van der Waals surface area (Å²) in [6.45, 7) is 4.28. The van der Waals surface area contributed by atoms with Gasteiger partial charge in [-0.3, -0.25) is 0 Å². The quantitative estimate of drug-likeness (QED) is 0.756. The number of allylic oxidation sites excluding steroid dienone is 1. The molecule has 0 radical (unpaired) electrons. The summed E-state index contributed by atoms with van der Waals surface area (Å²) in [5.41, 5.74) is 3.77. The number of hydrogen-bond acceptors (Lipinski definition) is 2. The molecule has 1 aliphatic heterocycles. The minimum atomic E-state index is 0.614. The maximum Gasteiger partial charge on any atom is 0.131 e. The van der Waals surface area contributed by atoms with Gasteiger partial charge in [-0.2, -0.15) is 0 Å². The Labute approximate surface area is 101 Å². The Balaban J connectivity index is 1.95. The van der Waals surface area contributed by atoms with Crippen LogP contribution in [0.5, 0.6) is 0 Å². The van der Waals surface area contributed by atoms with Crippen molar-refractivity contribution in [3.8, 4) is 0 Å². The molecule has 0 amide bonds. The van der Waals surface area contributed by atoms with E-state index in [4.69, 9.17) is 11.6 Å². The van der Waals surface area contributed by atoms with Crippen molar-refractivity contribution >= 4 is 17.2 Å². The molecule has 16 heavy (non-hydrogen) atoms. The van der Waals surface area contributed by atoms with Crippen molar-refractivity contribution in [3.05, 3.63) is 34.6 Å². The summed E-state index contributed by atoms with van der Waals surface area (Å²) in [6.07, 6.45) is 5.48. The predicted octanol–water partition coefficient (Wildman–Crippen LogP) is 2.67. The summed E-state index contributed by atoms with van der Waals surface area (Å²) in [5, 5.41) is 4.08. The Morgan fingerprint density at radius 2 is 2.31 bits per heavy atom. The first kappa shape index (κ1) is 10.3. The highest BCUT2D eigenvalue weighted by Crippen LogP contribution is 2.40. The third-order valence-corrected chi connectivity index (χ3v) is 4.12. The molecular formula is C13H15ClN2. The van der Waals surface area contributed by atoms with Crippen LogP contribution in [0.2, 0.25) is 5.15 Å². The van der Waals surface area contributed by atoms with E-state index >= 15 is 0 Å². The van der Waals surface area contributed by atoms with Crippen molar-refractivity contribution in [2.24, 2.45) is 11.8 Å². The van der Waals surface area contributed by atoms with Crippen LogP contribution in [0, 0.1) is 18.8 Å². The maximum absolute atomic E-state index is 5.96. The van der Waals surface area contributed by atoms with Crippen LogP contribution in [0.25, 0.3) is 5.57 Å². The molecule has 2 atom stereocenters. The number of aryl methyl sites for hydroxylation is 1. The predicted molar refractivity (Wildman–Crippen MR) is 66.4 cm³/mol. The summed E-state index contributed by atoms with van der Waals surface area (Å²) >= 11 is 5.96. The monoisotopic (exact) mass is 234 g/mol. The normalized spacial score (nSPS) is 28.0. The second-order valence-electron chi connectivity index (χ2n) is 4.75. The smallest absolute Gasteiger partial charge is 0.131 e. The molecule has 3 heteroatoms. The zero-order valence-electron chi connectivity index (χ0n) is 9.33. The summed E-state index contributed by atoms with van der Waals surface area (Å²) in [7, 11) is 0. The fourth-order valence-electron chi connectivity index (χ4n) is 2.82. The van der Waals surface area contributed by atoms with Crippen molar-refractivity contribution in [2.75, 3.05) is 13.1 Å². The molecule has 0 saturated carbocycles. The van der Waals surface area contributed by atoms with Gasteiger partial charge in [-0.15, -0.1) is 0 Å². The van der Waals surface area contributed by atoms with Gasteiger partial charge in [0.2, 0.25) is 0 Å². The van der Waals surface area contributed by atoms with Crippen molar-refractivity contribution < 1.29 is 0 Å². The molecular weight excluding hydrogens is 220 g/mol. The zero-order chi connectivity index (χ0) is 11.1. The lowest BCUT2D eigenvalue weighted by atomic mass is 9.91. The van der Waals surface area contributed by atoms with Crippen LogP contribution >= 0.6 is 11.6 Å². The largest absolute Gasteiger partial charge is 0.316 e. The topological polar surface area (TPSA) is 24.9 Å². The third-order valence-electron chi connectivity index (χ3n) is 3.73. The molecule has 1 saturated heterocycles.